The third-order valence-electron chi connectivity index (χ3n) is 4.87. The average molecular weight is 454 g/mol. The minimum atomic E-state index is 0.735. The number of unbranched alkanes of at least 4 members (excludes halogenated alkanes) is 3. The van der Waals surface area contributed by atoms with Gasteiger partial charge in [0.05, 0.1) is 17.8 Å². The van der Waals surface area contributed by atoms with Gasteiger partial charge in [-0.2, -0.15) is 0 Å². The van der Waals surface area contributed by atoms with Crippen molar-refractivity contribution < 1.29 is 4.74 Å². The Labute approximate surface area is 181 Å². The topological polar surface area (TPSA) is 38.2 Å². The van der Waals surface area contributed by atoms with Crippen LogP contribution in [0, 0.1) is 0 Å². The van der Waals surface area contributed by atoms with Crippen molar-refractivity contribution in [2.24, 2.45) is 0 Å². The Morgan fingerprint density at radius 3 is 2.62 bits per heavy atom. The van der Waals surface area contributed by atoms with Gasteiger partial charge in [0.2, 0.25) is 0 Å². The fourth-order valence-electron chi connectivity index (χ4n) is 3.30. The van der Waals surface area contributed by atoms with Gasteiger partial charge < -0.3 is 9.64 Å². The van der Waals surface area contributed by atoms with Crippen molar-refractivity contribution in [3.63, 3.8) is 0 Å². The molecule has 0 unspecified atom stereocenters. The molecule has 1 aromatic heterocycles. The molecule has 152 valence electrons. The number of likely N-dealkylation sites (N-methyl/N-ethyl adjacent to an activating group) is 1. The zero-order valence-electron chi connectivity index (χ0n) is 17.0. The van der Waals surface area contributed by atoms with Crippen molar-refractivity contribution in [1.82, 2.24) is 14.9 Å². The third kappa shape index (κ3) is 6.38. The van der Waals surface area contributed by atoms with Crippen LogP contribution in [0.1, 0.15) is 25.7 Å². The molecule has 0 aliphatic heterocycles. The van der Waals surface area contributed by atoms with E-state index in [1.807, 2.05) is 30.3 Å². The predicted molar refractivity (Wildman–Crippen MR) is 124 cm³/mol. The van der Waals surface area contributed by atoms with E-state index in [2.05, 4.69) is 62.6 Å². The van der Waals surface area contributed by atoms with Crippen molar-refractivity contribution in [1.29, 1.82) is 0 Å². The smallest absolute Gasteiger partial charge is 0.121 e. The number of fused-ring (bicyclic) bond motifs is 1. The number of aromatic nitrogens is 2. The number of hydrogen-bond donors (Lipinski definition) is 0. The van der Waals surface area contributed by atoms with Crippen LogP contribution in [0.15, 0.2) is 65.9 Å². The first-order valence-corrected chi connectivity index (χ1v) is 10.9. The van der Waals surface area contributed by atoms with Gasteiger partial charge in [-0.1, -0.05) is 47.0 Å². The molecule has 4 nitrogen and oxygen atoms in total. The molecule has 0 fully saturated rings. The van der Waals surface area contributed by atoms with E-state index in [-0.39, 0.29) is 0 Å². The van der Waals surface area contributed by atoms with Crippen molar-refractivity contribution in [2.75, 3.05) is 26.7 Å². The molecule has 3 rings (SSSR count). The van der Waals surface area contributed by atoms with Crippen LogP contribution in [0.2, 0.25) is 0 Å². The summed E-state index contributed by atoms with van der Waals surface area (Å²) in [5.41, 5.74) is 2.92. The summed E-state index contributed by atoms with van der Waals surface area (Å²) >= 11 is 3.48. The summed E-state index contributed by atoms with van der Waals surface area (Å²) in [6.07, 6.45) is 8.27. The van der Waals surface area contributed by atoms with E-state index in [0.29, 0.717) is 0 Å². The normalized spacial score (nSPS) is 11.1. The summed E-state index contributed by atoms with van der Waals surface area (Å²) in [6, 6.07) is 14.2. The Kier molecular flexibility index (Phi) is 8.20. The van der Waals surface area contributed by atoms with Gasteiger partial charge in [-0.25, -0.2) is 9.97 Å². The van der Waals surface area contributed by atoms with E-state index in [4.69, 9.17) is 4.74 Å². The highest BCUT2D eigenvalue weighted by Gasteiger charge is 2.07. The zero-order chi connectivity index (χ0) is 20.5. The zero-order valence-corrected chi connectivity index (χ0v) is 18.6. The van der Waals surface area contributed by atoms with E-state index in [1.54, 1.807) is 6.33 Å². The molecule has 29 heavy (non-hydrogen) atoms. The lowest BCUT2D eigenvalue weighted by Crippen LogP contribution is -2.19. The second kappa shape index (κ2) is 11.1. The van der Waals surface area contributed by atoms with Gasteiger partial charge >= 0.3 is 0 Å². The Hall–Kier alpha value is -2.24. The molecule has 2 aromatic carbocycles. The van der Waals surface area contributed by atoms with Crippen LogP contribution in [0.3, 0.4) is 0 Å². The number of halogens is 1. The summed E-state index contributed by atoms with van der Waals surface area (Å²) in [5, 5.41) is 1.03. The van der Waals surface area contributed by atoms with E-state index >= 15 is 0 Å². The first-order valence-electron chi connectivity index (χ1n) is 10.1. The molecule has 0 amide bonds. The van der Waals surface area contributed by atoms with Crippen molar-refractivity contribution in [2.45, 2.75) is 25.7 Å². The minimum Gasteiger partial charge on any atom is -0.494 e. The summed E-state index contributed by atoms with van der Waals surface area (Å²) in [6.45, 7) is 6.59. The van der Waals surface area contributed by atoms with Gasteiger partial charge in [-0.05, 0) is 50.7 Å². The monoisotopic (exact) mass is 453 g/mol. The van der Waals surface area contributed by atoms with Crippen molar-refractivity contribution >= 4 is 26.8 Å². The fraction of sp³-hybridized carbons (Fsp3) is 0.333. The number of ether oxygens (including phenoxy) is 1. The van der Waals surface area contributed by atoms with E-state index in [0.717, 1.165) is 58.5 Å². The van der Waals surface area contributed by atoms with Crippen LogP contribution in [0.25, 0.3) is 22.2 Å². The van der Waals surface area contributed by atoms with Crippen LogP contribution >= 0.6 is 15.9 Å². The maximum atomic E-state index is 5.95. The van der Waals surface area contributed by atoms with Gasteiger partial charge in [0, 0.05) is 28.0 Å². The first kappa shape index (κ1) is 21.5. The quantitative estimate of drug-likeness (QED) is 0.259. The predicted octanol–water partition coefficient (Wildman–Crippen LogP) is 6.12. The summed E-state index contributed by atoms with van der Waals surface area (Å²) in [7, 11) is 2.14. The number of benzene rings is 2. The lowest BCUT2D eigenvalue weighted by Gasteiger charge is -2.13. The van der Waals surface area contributed by atoms with Crippen molar-refractivity contribution in [3.8, 4) is 17.0 Å². The fourth-order valence-corrected chi connectivity index (χ4v) is 3.57. The molecule has 0 bridgehead atoms. The van der Waals surface area contributed by atoms with Gasteiger partial charge in [-0.3, -0.25) is 0 Å². The Morgan fingerprint density at radius 2 is 1.83 bits per heavy atom. The van der Waals surface area contributed by atoms with Gasteiger partial charge in [-0.15, -0.1) is 6.58 Å². The molecule has 0 atom stereocenters. The average Bonchev–Trinajstić information content (AvgIpc) is 2.73. The van der Waals surface area contributed by atoms with Crippen LogP contribution in [0.5, 0.6) is 5.75 Å². The molecule has 0 saturated heterocycles. The standard InChI is InChI=1S/C24H28BrN3O/c1-3-14-28(2)15-6-4-5-7-16-29-21-12-13-22-23(17-21)26-18-27-24(22)19-8-10-20(25)11-9-19/h3,8-13,17-18H,1,4-7,14-16H2,2H3. The molecular weight excluding hydrogens is 426 g/mol. The lowest BCUT2D eigenvalue weighted by molar-refractivity contribution is 0.300. The van der Waals surface area contributed by atoms with E-state index < -0.39 is 0 Å². The van der Waals surface area contributed by atoms with Gasteiger partial charge in [0.25, 0.3) is 0 Å². The van der Waals surface area contributed by atoms with Crippen LogP contribution in [-0.2, 0) is 0 Å². The van der Waals surface area contributed by atoms with E-state index in [1.165, 1.54) is 19.3 Å². The molecule has 0 saturated carbocycles. The molecule has 3 aromatic rings. The molecule has 0 aliphatic carbocycles. The van der Waals surface area contributed by atoms with Gasteiger partial charge in [0.1, 0.15) is 12.1 Å². The largest absolute Gasteiger partial charge is 0.494 e. The molecular formula is C24H28BrN3O. The maximum Gasteiger partial charge on any atom is 0.121 e. The maximum absolute atomic E-state index is 5.95. The number of hydrogen-bond acceptors (Lipinski definition) is 4. The SMILES string of the molecule is C=CCN(C)CCCCCCOc1ccc2c(-c3ccc(Br)cc3)ncnc2c1. The Morgan fingerprint density at radius 1 is 1.03 bits per heavy atom. The van der Waals surface area contributed by atoms with Crippen molar-refractivity contribution in [3.05, 3.63) is 65.9 Å². The molecule has 0 spiro atoms. The van der Waals surface area contributed by atoms with E-state index in [9.17, 15) is 0 Å². The highest BCUT2D eigenvalue weighted by molar-refractivity contribution is 9.10. The second-order valence-corrected chi connectivity index (χ2v) is 8.14. The van der Waals surface area contributed by atoms with Crippen LogP contribution < -0.4 is 4.74 Å². The van der Waals surface area contributed by atoms with Gasteiger partial charge in [0.15, 0.2) is 0 Å². The molecule has 1 heterocycles. The highest BCUT2D eigenvalue weighted by atomic mass is 79.9. The highest BCUT2D eigenvalue weighted by Crippen LogP contribution is 2.28. The molecule has 0 N–H and O–H groups in total. The third-order valence-corrected chi connectivity index (χ3v) is 5.40. The Bertz CT molecular complexity index is 927. The Balaban J connectivity index is 1.51. The molecule has 5 heteroatoms. The number of nitrogens with zero attached hydrogens (tertiary/aromatic N) is 3. The minimum absolute atomic E-state index is 0.735. The van der Waals surface area contributed by atoms with Crippen LogP contribution in [0.4, 0.5) is 0 Å². The molecule has 0 aliphatic rings. The first-order chi connectivity index (χ1) is 14.2. The summed E-state index contributed by atoms with van der Waals surface area (Å²) in [5.74, 6) is 0.865. The number of rotatable bonds is 11. The molecule has 0 radical (unpaired) electrons. The van der Waals surface area contributed by atoms with Crippen LogP contribution in [-0.4, -0.2) is 41.6 Å². The summed E-state index contributed by atoms with van der Waals surface area (Å²) in [4.78, 5) is 11.2. The summed E-state index contributed by atoms with van der Waals surface area (Å²) < 4.78 is 7.01. The lowest BCUT2D eigenvalue weighted by atomic mass is 10.1. The second-order valence-electron chi connectivity index (χ2n) is 7.22.